The lowest BCUT2D eigenvalue weighted by Crippen LogP contribution is -2.32. The van der Waals surface area contributed by atoms with Crippen LogP contribution >= 0.6 is 0 Å². The van der Waals surface area contributed by atoms with Crippen molar-refractivity contribution in [3.8, 4) is 5.75 Å². The summed E-state index contributed by atoms with van der Waals surface area (Å²) >= 11 is 0. The molecule has 0 fully saturated rings. The van der Waals surface area contributed by atoms with E-state index in [1.807, 2.05) is 0 Å². The number of hydrogen-bond acceptors (Lipinski definition) is 8. The summed E-state index contributed by atoms with van der Waals surface area (Å²) in [6.45, 7) is 9.07. The van der Waals surface area contributed by atoms with Crippen molar-refractivity contribution in [1.82, 2.24) is 5.32 Å². The number of carbonyl (C=O) groups excluding carboxylic acids is 3. The minimum Gasteiger partial charge on any atom is -0.482 e. The SMILES string of the molecule is CCOC(=O)COc1cccc(C2C(C(=O)OCC)=C(C)NC(C)=C2C(=O)OCC)c1. The first-order valence-corrected chi connectivity index (χ1v) is 10.2. The smallest absolute Gasteiger partial charge is 0.344 e. The van der Waals surface area contributed by atoms with Crippen LogP contribution in [0, 0.1) is 0 Å². The van der Waals surface area contributed by atoms with Crippen LogP contribution in [0.2, 0.25) is 0 Å². The fraction of sp³-hybridized carbons (Fsp3) is 0.435. The lowest BCUT2D eigenvalue weighted by atomic mass is 9.80. The molecule has 0 aliphatic carbocycles. The minimum atomic E-state index is -0.717. The molecule has 31 heavy (non-hydrogen) atoms. The van der Waals surface area contributed by atoms with Gasteiger partial charge < -0.3 is 24.3 Å². The fourth-order valence-corrected chi connectivity index (χ4v) is 3.41. The zero-order chi connectivity index (χ0) is 23.0. The van der Waals surface area contributed by atoms with E-state index < -0.39 is 23.8 Å². The number of ether oxygens (including phenoxy) is 4. The van der Waals surface area contributed by atoms with Gasteiger partial charge in [0, 0.05) is 11.4 Å². The molecule has 1 aliphatic rings. The number of hydrogen-bond donors (Lipinski definition) is 1. The van der Waals surface area contributed by atoms with Crippen molar-refractivity contribution in [2.45, 2.75) is 40.5 Å². The molecule has 8 heteroatoms. The van der Waals surface area contributed by atoms with E-state index in [9.17, 15) is 14.4 Å². The van der Waals surface area contributed by atoms with Gasteiger partial charge >= 0.3 is 17.9 Å². The molecule has 1 N–H and O–H groups in total. The van der Waals surface area contributed by atoms with E-state index in [1.54, 1.807) is 58.9 Å². The summed E-state index contributed by atoms with van der Waals surface area (Å²) in [4.78, 5) is 37.2. The van der Waals surface area contributed by atoms with E-state index >= 15 is 0 Å². The Morgan fingerprint density at radius 3 is 1.94 bits per heavy atom. The highest BCUT2D eigenvalue weighted by atomic mass is 16.6. The molecule has 2 rings (SSSR count). The van der Waals surface area contributed by atoms with E-state index in [4.69, 9.17) is 18.9 Å². The standard InChI is InChI=1S/C23H29NO7/c1-6-28-18(25)13-31-17-11-9-10-16(12-17)21-19(22(26)29-7-2)14(4)24-15(5)20(21)23(27)30-8-3/h9-12,21,24H,6-8,13H2,1-5H3. The van der Waals surface area contributed by atoms with Crippen LogP contribution in [0.1, 0.15) is 46.1 Å². The van der Waals surface area contributed by atoms with Crippen LogP contribution < -0.4 is 10.1 Å². The van der Waals surface area contributed by atoms with Gasteiger partial charge in [0.1, 0.15) is 5.75 Å². The predicted octanol–water partition coefficient (Wildman–Crippen LogP) is 2.99. The molecule has 0 saturated heterocycles. The number of benzene rings is 1. The summed E-state index contributed by atoms with van der Waals surface area (Å²) in [5.74, 6) is -1.84. The van der Waals surface area contributed by atoms with Crippen LogP contribution in [0.3, 0.4) is 0 Å². The topological polar surface area (TPSA) is 100 Å². The van der Waals surface area contributed by atoms with Crippen molar-refractivity contribution < 1.29 is 33.3 Å². The Morgan fingerprint density at radius 2 is 1.42 bits per heavy atom. The molecule has 1 heterocycles. The van der Waals surface area contributed by atoms with Crippen LogP contribution in [0.5, 0.6) is 5.75 Å². The first kappa shape index (κ1) is 24.0. The Hall–Kier alpha value is -3.29. The maximum Gasteiger partial charge on any atom is 0.344 e. The summed E-state index contributed by atoms with van der Waals surface area (Å²) in [7, 11) is 0. The van der Waals surface area contributed by atoms with Crippen LogP contribution in [-0.4, -0.2) is 44.3 Å². The van der Waals surface area contributed by atoms with Gasteiger partial charge in [-0.15, -0.1) is 0 Å². The fourth-order valence-electron chi connectivity index (χ4n) is 3.41. The zero-order valence-corrected chi connectivity index (χ0v) is 18.6. The second-order valence-electron chi connectivity index (χ2n) is 6.74. The van der Waals surface area contributed by atoms with Gasteiger partial charge in [0.2, 0.25) is 0 Å². The van der Waals surface area contributed by atoms with Crippen molar-refractivity contribution in [3.63, 3.8) is 0 Å². The number of esters is 3. The van der Waals surface area contributed by atoms with E-state index in [-0.39, 0.29) is 26.4 Å². The van der Waals surface area contributed by atoms with Crippen LogP contribution in [-0.2, 0) is 28.6 Å². The second-order valence-corrected chi connectivity index (χ2v) is 6.74. The molecule has 0 bridgehead atoms. The second kappa shape index (κ2) is 11.2. The van der Waals surface area contributed by atoms with E-state index in [1.165, 1.54) is 0 Å². The van der Waals surface area contributed by atoms with Crippen LogP contribution in [0.25, 0.3) is 0 Å². The molecule has 0 spiro atoms. The maximum atomic E-state index is 12.8. The third-order valence-electron chi connectivity index (χ3n) is 4.60. The number of rotatable bonds is 9. The number of dihydropyridines is 1. The van der Waals surface area contributed by atoms with Crippen molar-refractivity contribution >= 4 is 17.9 Å². The minimum absolute atomic E-state index is 0.197. The number of carbonyl (C=O) groups is 3. The number of allylic oxidation sites excluding steroid dienone is 2. The third kappa shape index (κ3) is 5.87. The van der Waals surface area contributed by atoms with E-state index in [0.717, 1.165) is 0 Å². The highest BCUT2D eigenvalue weighted by Gasteiger charge is 2.38. The van der Waals surface area contributed by atoms with Gasteiger partial charge in [0.05, 0.1) is 36.9 Å². The van der Waals surface area contributed by atoms with Crippen LogP contribution in [0.4, 0.5) is 0 Å². The molecule has 0 atom stereocenters. The summed E-state index contributed by atoms with van der Waals surface area (Å²) in [6.07, 6.45) is 0. The van der Waals surface area contributed by atoms with Gasteiger partial charge in [-0.2, -0.15) is 0 Å². The van der Waals surface area contributed by atoms with Crippen molar-refractivity contribution in [1.29, 1.82) is 0 Å². The molecule has 0 radical (unpaired) electrons. The molecule has 1 aromatic carbocycles. The molecule has 1 aliphatic heterocycles. The summed E-state index contributed by atoms with van der Waals surface area (Å²) in [5.41, 5.74) is 2.45. The molecular weight excluding hydrogens is 402 g/mol. The summed E-state index contributed by atoms with van der Waals surface area (Å²) in [5, 5.41) is 3.09. The van der Waals surface area contributed by atoms with Gasteiger partial charge in [-0.25, -0.2) is 14.4 Å². The largest absolute Gasteiger partial charge is 0.482 e. The lowest BCUT2D eigenvalue weighted by molar-refractivity contribution is -0.145. The van der Waals surface area contributed by atoms with E-state index in [0.29, 0.717) is 33.9 Å². The number of nitrogens with one attached hydrogen (secondary N) is 1. The van der Waals surface area contributed by atoms with Gasteiger partial charge in [0.25, 0.3) is 0 Å². The van der Waals surface area contributed by atoms with Crippen LogP contribution in [0.15, 0.2) is 46.8 Å². The Morgan fingerprint density at radius 1 is 0.871 bits per heavy atom. The van der Waals surface area contributed by atoms with Gasteiger partial charge in [-0.3, -0.25) is 0 Å². The highest BCUT2D eigenvalue weighted by molar-refractivity contribution is 5.99. The molecule has 1 aromatic rings. The maximum absolute atomic E-state index is 12.8. The molecule has 168 valence electrons. The Kier molecular flexibility index (Phi) is 8.66. The molecular formula is C23H29NO7. The van der Waals surface area contributed by atoms with Crippen molar-refractivity contribution in [3.05, 3.63) is 52.4 Å². The van der Waals surface area contributed by atoms with Gasteiger partial charge in [-0.05, 0) is 52.3 Å². The van der Waals surface area contributed by atoms with Gasteiger partial charge in [0.15, 0.2) is 6.61 Å². The van der Waals surface area contributed by atoms with Crippen molar-refractivity contribution in [2.75, 3.05) is 26.4 Å². The third-order valence-corrected chi connectivity index (χ3v) is 4.60. The first-order chi connectivity index (χ1) is 14.8. The van der Waals surface area contributed by atoms with E-state index in [2.05, 4.69) is 5.32 Å². The summed E-state index contributed by atoms with van der Waals surface area (Å²) in [6, 6.07) is 6.89. The Balaban J connectivity index is 2.50. The lowest BCUT2D eigenvalue weighted by Gasteiger charge is -2.30. The zero-order valence-electron chi connectivity index (χ0n) is 18.6. The molecule has 0 amide bonds. The normalized spacial score (nSPS) is 14.1. The predicted molar refractivity (Wildman–Crippen MR) is 113 cm³/mol. The molecule has 0 unspecified atom stereocenters. The monoisotopic (exact) mass is 431 g/mol. The van der Waals surface area contributed by atoms with Gasteiger partial charge in [-0.1, -0.05) is 12.1 Å². The molecule has 0 aromatic heterocycles. The Labute approximate surface area is 182 Å². The quantitative estimate of drug-likeness (QED) is 0.471. The Bertz CT molecular complexity index is 861. The average molecular weight is 431 g/mol. The summed E-state index contributed by atoms with van der Waals surface area (Å²) < 4.78 is 20.9. The average Bonchev–Trinajstić information content (AvgIpc) is 2.72. The molecule has 0 saturated carbocycles. The first-order valence-electron chi connectivity index (χ1n) is 10.2. The molecule has 8 nitrogen and oxygen atoms in total. The highest BCUT2D eigenvalue weighted by Crippen LogP contribution is 2.40. The van der Waals surface area contributed by atoms with Crippen molar-refractivity contribution in [2.24, 2.45) is 0 Å².